The van der Waals surface area contributed by atoms with Gasteiger partial charge in [-0.25, -0.2) is 9.67 Å². The number of non-ortho nitro benzene ring substituents is 1. The number of rotatable bonds is 4. The molecule has 0 fully saturated rings. The lowest BCUT2D eigenvalue weighted by molar-refractivity contribution is -0.384. The summed E-state index contributed by atoms with van der Waals surface area (Å²) in [5, 5.41) is 17.8. The molecule has 150 valence electrons. The summed E-state index contributed by atoms with van der Waals surface area (Å²) in [4.78, 5) is 27.1. The highest BCUT2D eigenvalue weighted by Crippen LogP contribution is 2.16. The predicted molar refractivity (Wildman–Crippen MR) is 115 cm³/mol. The molecule has 0 aliphatic carbocycles. The van der Waals surface area contributed by atoms with Crippen molar-refractivity contribution in [2.75, 3.05) is 5.32 Å². The maximum atomic E-state index is 12.6. The number of carbonyl (C=O) groups is 1. The molecule has 2 aromatic heterocycles. The molecule has 8 nitrogen and oxygen atoms in total. The summed E-state index contributed by atoms with van der Waals surface area (Å²) in [6.45, 7) is 0. The van der Waals surface area contributed by atoms with Crippen LogP contribution in [0.2, 0.25) is 0 Å². The number of amides is 1. The molecule has 0 spiro atoms. The van der Waals surface area contributed by atoms with Gasteiger partial charge in [-0.15, -0.1) is 0 Å². The minimum Gasteiger partial charge on any atom is -0.322 e. The summed E-state index contributed by atoms with van der Waals surface area (Å²) in [5.41, 5.74) is 2.95. The molecule has 4 rings (SSSR count). The highest BCUT2D eigenvalue weighted by molar-refractivity contribution is 6.04. The molecule has 31 heavy (non-hydrogen) atoms. The quantitative estimate of drug-likeness (QED) is 0.313. The van der Waals surface area contributed by atoms with Crippen molar-refractivity contribution in [1.29, 1.82) is 0 Å². The smallest absolute Gasteiger partial charge is 0.269 e. The summed E-state index contributed by atoms with van der Waals surface area (Å²) in [5.74, 6) is 5.67. The van der Waals surface area contributed by atoms with Crippen molar-refractivity contribution in [3.8, 4) is 17.5 Å². The second-order valence-electron chi connectivity index (χ2n) is 6.45. The third kappa shape index (κ3) is 4.81. The van der Waals surface area contributed by atoms with E-state index in [0.29, 0.717) is 22.6 Å². The van der Waals surface area contributed by atoms with E-state index >= 15 is 0 Å². The Hall–Kier alpha value is -4.77. The molecular weight excluding hydrogens is 394 g/mol. The first kappa shape index (κ1) is 19.5. The van der Waals surface area contributed by atoms with E-state index in [1.165, 1.54) is 23.0 Å². The third-order valence-electron chi connectivity index (χ3n) is 4.29. The number of anilines is 1. The lowest BCUT2D eigenvalue weighted by atomic mass is 10.2. The van der Waals surface area contributed by atoms with Gasteiger partial charge in [0, 0.05) is 35.8 Å². The summed E-state index contributed by atoms with van der Waals surface area (Å²) >= 11 is 0. The maximum Gasteiger partial charge on any atom is 0.269 e. The molecule has 0 aliphatic rings. The van der Waals surface area contributed by atoms with Gasteiger partial charge in [-0.2, -0.15) is 5.10 Å². The number of nitro benzene ring substituents is 1. The Bertz CT molecular complexity index is 1300. The van der Waals surface area contributed by atoms with Crippen molar-refractivity contribution >= 4 is 17.3 Å². The molecule has 0 aliphatic heterocycles. The maximum absolute atomic E-state index is 12.6. The van der Waals surface area contributed by atoms with Crippen molar-refractivity contribution in [2.24, 2.45) is 0 Å². The predicted octanol–water partition coefficient (Wildman–Crippen LogP) is 3.83. The van der Waals surface area contributed by atoms with Gasteiger partial charge in [0.05, 0.1) is 22.4 Å². The van der Waals surface area contributed by atoms with Gasteiger partial charge in [0.2, 0.25) is 0 Å². The van der Waals surface area contributed by atoms with Crippen molar-refractivity contribution < 1.29 is 9.72 Å². The lowest BCUT2D eigenvalue weighted by Crippen LogP contribution is -2.11. The molecular formula is C23H15N5O3. The summed E-state index contributed by atoms with van der Waals surface area (Å²) in [6.07, 6.45) is 4.67. The topological polar surface area (TPSA) is 103 Å². The number of nitrogens with one attached hydrogen (secondary N) is 1. The fraction of sp³-hybridized carbons (Fsp3) is 0. The second kappa shape index (κ2) is 8.71. The van der Waals surface area contributed by atoms with E-state index in [0.717, 1.165) is 5.56 Å². The van der Waals surface area contributed by atoms with Gasteiger partial charge in [-0.3, -0.25) is 14.9 Å². The molecule has 1 amide bonds. The second-order valence-corrected chi connectivity index (χ2v) is 6.45. The summed E-state index contributed by atoms with van der Waals surface area (Å²) in [7, 11) is 0. The molecule has 2 aromatic carbocycles. The SMILES string of the molecule is O=C(Nc1cccc(C#Cc2ccccn2)c1)c1cnn(-c2ccc([N+](=O)[O-])cc2)c1. The average molecular weight is 409 g/mol. The van der Waals surface area contributed by atoms with Crippen LogP contribution in [0.25, 0.3) is 5.69 Å². The van der Waals surface area contributed by atoms with Crippen molar-refractivity contribution in [3.05, 3.63) is 112 Å². The first-order valence-electron chi connectivity index (χ1n) is 9.22. The minimum absolute atomic E-state index is 0.0140. The van der Waals surface area contributed by atoms with Crippen LogP contribution >= 0.6 is 0 Å². The largest absolute Gasteiger partial charge is 0.322 e. The van der Waals surface area contributed by atoms with Crippen molar-refractivity contribution in [1.82, 2.24) is 14.8 Å². The number of aromatic nitrogens is 3. The fourth-order valence-corrected chi connectivity index (χ4v) is 2.76. The van der Waals surface area contributed by atoms with Gasteiger partial charge < -0.3 is 5.32 Å². The molecule has 2 heterocycles. The van der Waals surface area contributed by atoms with Gasteiger partial charge in [0.1, 0.15) is 5.69 Å². The Balaban J connectivity index is 1.47. The molecule has 0 bridgehead atoms. The van der Waals surface area contributed by atoms with E-state index in [-0.39, 0.29) is 11.6 Å². The van der Waals surface area contributed by atoms with Crippen LogP contribution in [0.15, 0.2) is 85.3 Å². The molecule has 1 N–H and O–H groups in total. The van der Waals surface area contributed by atoms with E-state index < -0.39 is 4.92 Å². The number of benzene rings is 2. The van der Waals surface area contributed by atoms with Crippen LogP contribution in [-0.2, 0) is 0 Å². The van der Waals surface area contributed by atoms with E-state index in [2.05, 4.69) is 27.2 Å². The number of carbonyl (C=O) groups excluding carboxylic acids is 1. The monoisotopic (exact) mass is 409 g/mol. The first-order chi connectivity index (χ1) is 15.1. The number of nitrogens with zero attached hydrogens (tertiary/aromatic N) is 4. The molecule has 0 saturated heterocycles. The van der Waals surface area contributed by atoms with E-state index in [9.17, 15) is 14.9 Å². The first-order valence-corrected chi connectivity index (χ1v) is 9.22. The number of nitro groups is 1. The number of hydrogen-bond donors (Lipinski definition) is 1. The summed E-state index contributed by atoms with van der Waals surface area (Å²) < 4.78 is 1.48. The van der Waals surface area contributed by atoms with Crippen molar-refractivity contribution in [3.63, 3.8) is 0 Å². The summed E-state index contributed by atoms with van der Waals surface area (Å²) in [6, 6.07) is 18.6. The van der Waals surface area contributed by atoms with Crippen LogP contribution in [0.4, 0.5) is 11.4 Å². The number of hydrogen-bond acceptors (Lipinski definition) is 5. The van der Waals surface area contributed by atoms with Crippen LogP contribution in [0, 0.1) is 22.0 Å². The molecule has 0 unspecified atom stereocenters. The fourth-order valence-electron chi connectivity index (χ4n) is 2.76. The molecule has 8 heteroatoms. The highest BCUT2D eigenvalue weighted by Gasteiger charge is 2.11. The molecule has 0 radical (unpaired) electrons. The van der Waals surface area contributed by atoms with E-state index in [1.807, 2.05) is 24.3 Å². The van der Waals surface area contributed by atoms with Crippen LogP contribution in [-0.4, -0.2) is 25.6 Å². The molecule has 0 atom stereocenters. The lowest BCUT2D eigenvalue weighted by Gasteiger charge is -2.04. The Morgan fingerprint density at radius 1 is 1.03 bits per heavy atom. The van der Waals surface area contributed by atoms with Gasteiger partial charge in [-0.1, -0.05) is 18.1 Å². The zero-order chi connectivity index (χ0) is 21.6. The highest BCUT2D eigenvalue weighted by atomic mass is 16.6. The Morgan fingerprint density at radius 2 is 1.87 bits per heavy atom. The normalized spacial score (nSPS) is 10.1. The Morgan fingerprint density at radius 3 is 2.61 bits per heavy atom. The van der Waals surface area contributed by atoms with E-state index in [4.69, 9.17) is 0 Å². The standard InChI is InChI=1S/C23H15N5O3/c29-23(18-15-25-27(16-18)21-9-11-22(12-10-21)28(30)31)26-20-6-3-4-17(14-20)7-8-19-5-1-2-13-24-19/h1-6,9-16H,(H,26,29). The van der Waals surface area contributed by atoms with Crippen LogP contribution in [0.3, 0.4) is 0 Å². The zero-order valence-corrected chi connectivity index (χ0v) is 16.1. The molecule has 4 aromatic rings. The van der Waals surface area contributed by atoms with Crippen LogP contribution in [0.5, 0.6) is 0 Å². The van der Waals surface area contributed by atoms with Gasteiger partial charge in [0.25, 0.3) is 11.6 Å². The van der Waals surface area contributed by atoms with Gasteiger partial charge in [0.15, 0.2) is 0 Å². The van der Waals surface area contributed by atoms with Gasteiger partial charge >= 0.3 is 0 Å². The average Bonchev–Trinajstić information content (AvgIpc) is 3.29. The minimum atomic E-state index is -0.472. The van der Waals surface area contributed by atoms with Crippen LogP contribution in [0.1, 0.15) is 21.6 Å². The van der Waals surface area contributed by atoms with Crippen molar-refractivity contribution in [2.45, 2.75) is 0 Å². The Labute approximate surface area is 177 Å². The van der Waals surface area contributed by atoms with Crippen LogP contribution < -0.4 is 5.32 Å². The van der Waals surface area contributed by atoms with E-state index in [1.54, 1.807) is 42.7 Å². The zero-order valence-electron chi connectivity index (χ0n) is 16.1. The number of pyridine rings is 1. The molecule has 0 saturated carbocycles. The third-order valence-corrected chi connectivity index (χ3v) is 4.29. The Kier molecular flexibility index (Phi) is 5.49. The van der Waals surface area contributed by atoms with Gasteiger partial charge in [-0.05, 0) is 48.4 Å².